The first-order chi connectivity index (χ1) is 15.9. The Hall–Kier alpha value is -3.52. The maximum absolute atomic E-state index is 12.6. The molecular weight excluding hydrogens is 436 g/mol. The number of hydrogen-bond donors (Lipinski definition) is 2. The van der Waals surface area contributed by atoms with Gasteiger partial charge in [0, 0.05) is 42.9 Å². The standard InChI is InChI=1S/C25H26N4O3S/c1-16(26-17(2)30)19-9-11-20(12-10-19)22-15-33-25(27-22)28-24(32)21-7-5-18(6-8-21)14-29-13-3-4-23(29)31/h5-12,15-16H,3-4,13-14H2,1-2H3,(H,26,30)(H,27,28,32). The molecule has 4 rings (SSSR count). The number of nitrogens with one attached hydrogen (secondary N) is 2. The number of nitrogens with zero attached hydrogens (tertiary/aromatic N) is 2. The molecule has 0 spiro atoms. The van der Waals surface area contributed by atoms with Gasteiger partial charge in [0.25, 0.3) is 5.91 Å². The number of carbonyl (C=O) groups excluding carboxylic acids is 3. The van der Waals surface area contributed by atoms with E-state index in [4.69, 9.17) is 0 Å². The van der Waals surface area contributed by atoms with Crippen molar-refractivity contribution in [2.24, 2.45) is 0 Å². The van der Waals surface area contributed by atoms with Crippen molar-refractivity contribution >= 4 is 34.2 Å². The largest absolute Gasteiger partial charge is 0.350 e. The summed E-state index contributed by atoms with van der Waals surface area (Å²) in [6, 6.07) is 15.1. The average molecular weight is 463 g/mol. The number of anilines is 1. The molecule has 170 valence electrons. The molecule has 1 aliphatic heterocycles. The molecule has 2 heterocycles. The van der Waals surface area contributed by atoms with Gasteiger partial charge in [0.1, 0.15) is 0 Å². The fourth-order valence-electron chi connectivity index (χ4n) is 3.82. The first-order valence-electron chi connectivity index (χ1n) is 10.9. The molecule has 1 fully saturated rings. The zero-order valence-electron chi connectivity index (χ0n) is 18.6. The van der Waals surface area contributed by atoms with Crippen molar-refractivity contribution in [1.29, 1.82) is 0 Å². The Kier molecular flexibility index (Phi) is 6.84. The summed E-state index contributed by atoms with van der Waals surface area (Å²) in [5.74, 6) is -0.102. The van der Waals surface area contributed by atoms with Crippen molar-refractivity contribution in [2.45, 2.75) is 39.3 Å². The van der Waals surface area contributed by atoms with Gasteiger partial charge in [-0.05, 0) is 36.6 Å². The van der Waals surface area contributed by atoms with Crippen LogP contribution in [0.3, 0.4) is 0 Å². The molecule has 8 heteroatoms. The Morgan fingerprint density at radius 2 is 1.85 bits per heavy atom. The lowest BCUT2D eigenvalue weighted by atomic mass is 10.1. The molecule has 1 saturated heterocycles. The molecule has 0 saturated carbocycles. The monoisotopic (exact) mass is 462 g/mol. The van der Waals surface area contributed by atoms with Crippen molar-refractivity contribution in [3.8, 4) is 11.3 Å². The molecule has 7 nitrogen and oxygen atoms in total. The van der Waals surface area contributed by atoms with Crippen molar-refractivity contribution in [3.05, 3.63) is 70.6 Å². The predicted octanol–water partition coefficient (Wildman–Crippen LogP) is 4.38. The quantitative estimate of drug-likeness (QED) is 0.545. The van der Waals surface area contributed by atoms with Crippen LogP contribution in [0.4, 0.5) is 5.13 Å². The van der Waals surface area contributed by atoms with E-state index in [1.54, 1.807) is 12.1 Å². The third kappa shape index (κ3) is 5.64. The topological polar surface area (TPSA) is 91.4 Å². The van der Waals surface area contributed by atoms with Gasteiger partial charge in [0.2, 0.25) is 11.8 Å². The van der Waals surface area contributed by atoms with Crippen LogP contribution in [0.2, 0.25) is 0 Å². The van der Waals surface area contributed by atoms with E-state index >= 15 is 0 Å². The van der Waals surface area contributed by atoms with Crippen LogP contribution in [0.25, 0.3) is 11.3 Å². The highest BCUT2D eigenvalue weighted by molar-refractivity contribution is 7.14. The SMILES string of the molecule is CC(=O)NC(C)c1ccc(-c2csc(NC(=O)c3ccc(CN4CCCC4=O)cc3)n2)cc1. The molecule has 2 aromatic carbocycles. The van der Waals surface area contributed by atoms with Crippen LogP contribution in [-0.4, -0.2) is 34.2 Å². The highest BCUT2D eigenvalue weighted by atomic mass is 32.1. The molecule has 1 aliphatic rings. The zero-order chi connectivity index (χ0) is 23.4. The van der Waals surface area contributed by atoms with Crippen LogP contribution in [0.15, 0.2) is 53.9 Å². The van der Waals surface area contributed by atoms with Gasteiger partial charge >= 0.3 is 0 Å². The summed E-state index contributed by atoms with van der Waals surface area (Å²) < 4.78 is 0. The second-order valence-corrected chi connectivity index (χ2v) is 9.01. The van der Waals surface area contributed by atoms with E-state index in [0.717, 1.165) is 35.3 Å². The van der Waals surface area contributed by atoms with E-state index in [-0.39, 0.29) is 23.8 Å². The molecule has 33 heavy (non-hydrogen) atoms. The minimum atomic E-state index is -0.223. The lowest BCUT2D eigenvalue weighted by molar-refractivity contribution is -0.128. The van der Waals surface area contributed by atoms with E-state index in [9.17, 15) is 14.4 Å². The van der Waals surface area contributed by atoms with Crippen molar-refractivity contribution < 1.29 is 14.4 Å². The van der Waals surface area contributed by atoms with Gasteiger partial charge in [-0.2, -0.15) is 0 Å². The Labute approximate surface area is 196 Å². The average Bonchev–Trinajstić information content (AvgIpc) is 3.43. The Morgan fingerprint density at radius 3 is 2.48 bits per heavy atom. The van der Waals surface area contributed by atoms with Gasteiger partial charge in [-0.1, -0.05) is 36.4 Å². The molecular formula is C25H26N4O3S. The molecule has 2 N–H and O–H groups in total. The van der Waals surface area contributed by atoms with E-state index in [2.05, 4.69) is 15.6 Å². The minimum Gasteiger partial charge on any atom is -0.350 e. The van der Waals surface area contributed by atoms with Crippen LogP contribution in [0, 0.1) is 0 Å². The lowest BCUT2D eigenvalue weighted by Gasteiger charge is -2.15. The van der Waals surface area contributed by atoms with E-state index in [1.807, 2.05) is 53.6 Å². The maximum Gasteiger partial charge on any atom is 0.257 e. The number of benzene rings is 2. The number of thiazole rings is 1. The maximum atomic E-state index is 12.6. The van der Waals surface area contributed by atoms with Crippen LogP contribution < -0.4 is 10.6 Å². The van der Waals surface area contributed by atoms with Crippen molar-refractivity contribution in [2.75, 3.05) is 11.9 Å². The van der Waals surface area contributed by atoms with Crippen LogP contribution in [0.5, 0.6) is 0 Å². The molecule has 3 amide bonds. The predicted molar refractivity (Wildman–Crippen MR) is 129 cm³/mol. The molecule has 3 aromatic rings. The number of hydrogen-bond acceptors (Lipinski definition) is 5. The summed E-state index contributed by atoms with van der Waals surface area (Å²) in [5.41, 5.74) is 4.27. The third-order valence-electron chi connectivity index (χ3n) is 5.61. The van der Waals surface area contributed by atoms with Gasteiger partial charge in [0.15, 0.2) is 5.13 Å². The van der Waals surface area contributed by atoms with Gasteiger partial charge in [-0.15, -0.1) is 11.3 Å². The summed E-state index contributed by atoms with van der Waals surface area (Å²) in [5, 5.41) is 8.15. The van der Waals surface area contributed by atoms with Gasteiger partial charge in [0.05, 0.1) is 11.7 Å². The lowest BCUT2D eigenvalue weighted by Crippen LogP contribution is -2.23. The first kappa shape index (κ1) is 22.7. The van der Waals surface area contributed by atoms with E-state index in [1.165, 1.54) is 18.3 Å². The van der Waals surface area contributed by atoms with Gasteiger partial charge in [-0.25, -0.2) is 4.98 Å². The highest BCUT2D eigenvalue weighted by Crippen LogP contribution is 2.26. The van der Waals surface area contributed by atoms with E-state index < -0.39 is 0 Å². The van der Waals surface area contributed by atoms with E-state index in [0.29, 0.717) is 23.7 Å². The fraction of sp³-hybridized carbons (Fsp3) is 0.280. The number of amides is 3. The minimum absolute atomic E-state index is 0.0657. The van der Waals surface area contributed by atoms with Crippen LogP contribution in [0.1, 0.15) is 54.2 Å². The Balaban J connectivity index is 1.36. The summed E-state index contributed by atoms with van der Waals surface area (Å²) >= 11 is 1.37. The number of carbonyl (C=O) groups is 3. The Bertz CT molecular complexity index is 1160. The highest BCUT2D eigenvalue weighted by Gasteiger charge is 2.20. The molecule has 1 atom stereocenters. The zero-order valence-corrected chi connectivity index (χ0v) is 19.4. The normalized spacial score (nSPS) is 14.2. The molecule has 1 unspecified atom stereocenters. The fourth-order valence-corrected chi connectivity index (χ4v) is 4.53. The van der Waals surface area contributed by atoms with Crippen LogP contribution >= 0.6 is 11.3 Å². The van der Waals surface area contributed by atoms with Gasteiger partial charge in [-0.3, -0.25) is 19.7 Å². The second kappa shape index (κ2) is 9.95. The van der Waals surface area contributed by atoms with Crippen molar-refractivity contribution in [1.82, 2.24) is 15.2 Å². The van der Waals surface area contributed by atoms with Gasteiger partial charge < -0.3 is 10.2 Å². The summed E-state index contributed by atoms with van der Waals surface area (Å²) in [7, 11) is 0. The number of rotatable bonds is 7. The molecule has 0 bridgehead atoms. The smallest absolute Gasteiger partial charge is 0.257 e. The molecule has 0 aliphatic carbocycles. The van der Waals surface area contributed by atoms with Crippen molar-refractivity contribution in [3.63, 3.8) is 0 Å². The summed E-state index contributed by atoms with van der Waals surface area (Å²) in [6.07, 6.45) is 1.53. The van der Waals surface area contributed by atoms with Crippen LogP contribution in [-0.2, 0) is 16.1 Å². The summed E-state index contributed by atoms with van der Waals surface area (Å²) in [4.78, 5) is 42.0. The second-order valence-electron chi connectivity index (χ2n) is 8.15. The number of likely N-dealkylation sites (tertiary alicyclic amines) is 1. The number of aromatic nitrogens is 1. The molecule has 0 radical (unpaired) electrons. The Morgan fingerprint density at radius 1 is 1.12 bits per heavy atom. The summed E-state index contributed by atoms with van der Waals surface area (Å²) in [6.45, 7) is 4.82. The third-order valence-corrected chi connectivity index (χ3v) is 6.37. The molecule has 1 aromatic heterocycles. The first-order valence-corrected chi connectivity index (χ1v) is 11.8.